The van der Waals surface area contributed by atoms with Crippen molar-refractivity contribution in [2.45, 2.75) is 157 Å². The van der Waals surface area contributed by atoms with Gasteiger partial charge < -0.3 is 20.4 Å². The van der Waals surface area contributed by atoms with Crippen molar-refractivity contribution in [2.24, 2.45) is 3.50 Å². The Labute approximate surface area is 337 Å². The largest absolute Gasteiger partial charge is 0.507 e. The Morgan fingerprint density at radius 1 is 0.352 bits per heavy atom. The summed E-state index contributed by atoms with van der Waals surface area (Å²) < 4.78 is 4.03. The molecular formula is C48H65MoNO4. The van der Waals surface area contributed by atoms with Gasteiger partial charge in [-0.25, -0.2) is 0 Å². The van der Waals surface area contributed by atoms with Crippen LogP contribution in [0.5, 0.6) is 23.0 Å². The van der Waals surface area contributed by atoms with Gasteiger partial charge in [0.1, 0.15) is 23.0 Å². The number of aromatic hydroxyl groups is 4. The summed E-state index contributed by atoms with van der Waals surface area (Å²) in [5.41, 5.74) is 9.65. The van der Waals surface area contributed by atoms with Crippen LogP contribution in [-0.4, -0.2) is 26.0 Å². The van der Waals surface area contributed by atoms with Crippen LogP contribution in [0.1, 0.15) is 171 Å². The third kappa shape index (κ3) is 10.2. The molecule has 4 aromatic carbocycles. The molecule has 1 aliphatic rings. The molecule has 0 saturated carbocycles. The van der Waals surface area contributed by atoms with Crippen LogP contribution in [0.3, 0.4) is 0 Å². The van der Waals surface area contributed by atoms with Crippen molar-refractivity contribution in [3.05, 3.63) is 115 Å². The molecule has 4 aromatic rings. The Bertz CT molecular complexity index is 1670. The molecule has 0 heterocycles. The van der Waals surface area contributed by atoms with Crippen molar-refractivity contribution in [2.75, 3.05) is 0 Å². The summed E-state index contributed by atoms with van der Waals surface area (Å²) in [6, 6.07) is 16.5. The van der Waals surface area contributed by atoms with Gasteiger partial charge >= 0.3 is 49.4 Å². The maximum Gasteiger partial charge on any atom is 0.122 e. The van der Waals surface area contributed by atoms with E-state index in [1.807, 2.05) is 0 Å². The average molecular weight is 816 g/mol. The zero-order valence-electron chi connectivity index (χ0n) is 35.6. The van der Waals surface area contributed by atoms with E-state index in [1.165, 1.54) is 0 Å². The summed E-state index contributed by atoms with van der Waals surface area (Å²) in [4.78, 5) is 0. The summed E-state index contributed by atoms with van der Waals surface area (Å²) in [7, 11) is 0. The second-order valence-electron chi connectivity index (χ2n) is 20.5. The summed E-state index contributed by atoms with van der Waals surface area (Å²) in [5, 5.41) is 47.6. The van der Waals surface area contributed by atoms with Crippen molar-refractivity contribution < 1.29 is 40.1 Å². The normalized spacial score (nSPS) is 13.9. The molecule has 0 unspecified atom stereocenters. The van der Waals surface area contributed by atoms with Crippen LogP contribution in [0, 0.1) is 0 Å². The molecule has 0 aliphatic heterocycles. The number of phenolic OH excluding ortho intramolecular Hbond substituents is 4. The molecule has 0 fully saturated rings. The molecule has 0 radical (unpaired) electrons. The van der Waals surface area contributed by atoms with E-state index in [-0.39, 0.29) is 50.2 Å². The summed E-state index contributed by atoms with van der Waals surface area (Å²) in [6.45, 7) is 32.2. The van der Waals surface area contributed by atoms with Crippen LogP contribution in [0.15, 0.2) is 52.0 Å². The Morgan fingerprint density at radius 3 is 0.574 bits per heavy atom. The van der Waals surface area contributed by atoms with Crippen molar-refractivity contribution >= 4 is 0 Å². The summed E-state index contributed by atoms with van der Waals surface area (Å²) >= 11 is 1.77. The molecule has 0 aromatic heterocycles. The molecule has 5 nitrogen and oxygen atoms in total. The van der Waals surface area contributed by atoms with Crippen LogP contribution >= 0.6 is 0 Å². The number of hydrogen-bond acceptors (Lipinski definition) is 5. The fraction of sp³-hybridized carbons (Fsp3) is 0.500. The quantitative estimate of drug-likeness (QED) is 0.117. The fourth-order valence-corrected chi connectivity index (χ4v) is 6.67. The van der Waals surface area contributed by atoms with E-state index in [4.69, 9.17) is 0 Å². The van der Waals surface area contributed by atoms with Crippen molar-refractivity contribution in [3.63, 3.8) is 0 Å². The van der Waals surface area contributed by atoms with Crippen molar-refractivity contribution in [3.8, 4) is 23.0 Å². The Hall–Kier alpha value is -3.43. The molecule has 0 amide bonds. The predicted molar refractivity (Wildman–Crippen MR) is 221 cm³/mol. The molecule has 5 rings (SSSR count). The zero-order valence-corrected chi connectivity index (χ0v) is 37.6. The first-order chi connectivity index (χ1) is 24.5. The van der Waals surface area contributed by atoms with Gasteiger partial charge in [0.15, 0.2) is 0 Å². The van der Waals surface area contributed by atoms with E-state index in [9.17, 15) is 20.4 Å². The third-order valence-electron chi connectivity index (χ3n) is 10.3. The molecule has 4 N–H and O–H groups in total. The minimum Gasteiger partial charge on any atom is -0.507 e. The number of hydrogen-bond donors (Lipinski definition) is 4. The van der Waals surface area contributed by atoms with E-state index in [0.29, 0.717) is 25.7 Å². The van der Waals surface area contributed by atoms with Gasteiger partial charge in [-0.05, 0) is 88.4 Å². The maximum absolute atomic E-state index is 11.9. The van der Waals surface area contributed by atoms with Gasteiger partial charge in [-0.15, -0.1) is 0 Å². The maximum atomic E-state index is 11.9. The standard InChI is InChI=1S/C44H56O4.C4H9N.Mo/c1-41(2,3)33-17-25-13-27-19-34(42(4,5)6)21-29(38(27)46)15-31-23-36(44(10,11)12)24-32(40(31)48)16-30-22-35(43(7,8)9)20-28(39(30)47)14-26(18-33)37(25)45;1-4(2,3)5;/h17-24,45-48H,13-16H2,1-12H3;1-3H3;. The van der Waals surface area contributed by atoms with Gasteiger partial charge in [0, 0.05) is 25.7 Å². The van der Waals surface area contributed by atoms with Gasteiger partial charge in [0.25, 0.3) is 0 Å². The van der Waals surface area contributed by atoms with Gasteiger partial charge in [-0.2, -0.15) is 0 Å². The van der Waals surface area contributed by atoms with Gasteiger partial charge in [0.2, 0.25) is 0 Å². The molecule has 6 heteroatoms. The van der Waals surface area contributed by atoms with Crippen LogP contribution in [0.4, 0.5) is 0 Å². The summed E-state index contributed by atoms with van der Waals surface area (Å²) in [6.07, 6.45) is 1.35. The SMILES string of the molecule is CC(C)(C)[N]=[Mo].CC(C)(C)c1cc2c(O)c(c1)Cc1cc(C(C)(C)C)cc(c1O)Cc1cc(C(C)(C)C)cc(c1O)Cc1cc(C(C)(C)C)cc(c1O)C2. The second kappa shape index (κ2) is 15.2. The molecule has 1 aliphatic carbocycles. The number of benzene rings is 4. The molecule has 0 saturated heterocycles. The Morgan fingerprint density at radius 2 is 0.481 bits per heavy atom. The van der Waals surface area contributed by atoms with E-state index in [0.717, 1.165) is 66.8 Å². The van der Waals surface area contributed by atoms with E-state index in [1.54, 1.807) is 19.6 Å². The summed E-state index contributed by atoms with van der Waals surface area (Å²) in [5.74, 6) is 0.767. The predicted octanol–water partition coefficient (Wildman–Crippen LogP) is 11.9. The Balaban J connectivity index is 0.000001000. The van der Waals surface area contributed by atoms with Gasteiger partial charge in [-0.3, -0.25) is 0 Å². The van der Waals surface area contributed by atoms with Crippen molar-refractivity contribution in [1.82, 2.24) is 0 Å². The molecule has 8 bridgehead atoms. The van der Waals surface area contributed by atoms with E-state index in [2.05, 4.69) is 156 Å². The fourth-order valence-electron chi connectivity index (χ4n) is 6.67. The van der Waals surface area contributed by atoms with Crippen LogP contribution in [0.2, 0.25) is 0 Å². The van der Waals surface area contributed by atoms with Crippen LogP contribution < -0.4 is 0 Å². The first kappa shape index (κ1) is 43.3. The molecule has 0 atom stereocenters. The van der Waals surface area contributed by atoms with Crippen LogP contribution in [0.25, 0.3) is 0 Å². The molecule has 0 spiro atoms. The first-order valence-corrected chi connectivity index (χ1v) is 20.1. The zero-order chi connectivity index (χ0) is 40.9. The minimum atomic E-state index is -0.190. The number of phenols is 4. The molecule has 292 valence electrons. The van der Waals surface area contributed by atoms with Gasteiger partial charge in [-0.1, -0.05) is 132 Å². The van der Waals surface area contributed by atoms with E-state index < -0.39 is 0 Å². The van der Waals surface area contributed by atoms with E-state index >= 15 is 0 Å². The molecule has 54 heavy (non-hydrogen) atoms. The monoisotopic (exact) mass is 817 g/mol. The number of fused-ring (bicyclic) bond motifs is 8. The topological polar surface area (TPSA) is 93.3 Å². The van der Waals surface area contributed by atoms with Gasteiger partial charge in [0.05, 0.1) is 0 Å². The first-order valence-electron chi connectivity index (χ1n) is 19.2. The average Bonchev–Trinajstić information content (AvgIpc) is 3.01. The Kier molecular flexibility index (Phi) is 12.2. The number of nitrogens with zero attached hydrogens (tertiary/aromatic N) is 1. The minimum absolute atomic E-state index is 0.171. The van der Waals surface area contributed by atoms with Crippen LogP contribution in [-0.2, 0) is 67.0 Å². The third-order valence-corrected chi connectivity index (χ3v) is 11.7. The van der Waals surface area contributed by atoms with Crippen molar-refractivity contribution in [1.29, 1.82) is 0 Å². The molecular weight excluding hydrogens is 750 g/mol. The second-order valence-corrected chi connectivity index (χ2v) is 21.0. The smallest absolute Gasteiger partial charge is 0.122 e. The number of rotatable bonds is 0.